The van der Waals surface area contributed by atoms with Crippen LogP contribution in [-0.4, -0.2) is 36.2 Å². The summed E-state index contributed by atoms with van der Waals surface area (Å²) in [6.45, 7) is 0.704. The van der Waals surface area contributed by atoms with Gasteiger partial charge >= 0.3 is 6.09 Å². The SMILES string of the molecule is NCCCCC(NC(=O)OCC1c2ccccc2-c2ccccc21)C(=O)Nc1nc(-c2ccccc2)cs1. The number of carbonyl (C=O) groups is 2. The third-order valence-electron chi connectivity index (χ3n) is 6.70. The molecule has 1 aliphatic rings. The zero-order valence-corrected chi connectivity index (χ0v) is 21.7. The highest BCUT2D eigenvalue weighted by Crippen LogP contribution is 2.44. The second-order valence-electron chi connectivity index (χ2n) is 9.20. The summed E-state index contributed by atoms with van der Waals surface area (Å²) in [5.74, 6) is -0.381. The summed E-state index contributed by atoms with van der Waals surface area (Å²) < 4.78 is 5.67. The van der Waals surface area contributed by atoms with E-state index in [-0.39, 0.29) is 18.4 Å². The summed E-state index contributed by atoms with van der Waals surface area (Å²) in [7, 11) is 0. The van der Waals surface area contributed by atoms with E-state index >= 15 is 0 Å². The van der Waals surface area contributed by atoms with E-state index in [0.717, 1.165) is 39.9 Å². The number of rotatable bonds is 10. The summed E-state index contributed by atoms with van der Waals surface area (Å²) >= 11 is 1.34. The highest BCUT2D eigenvalue weighted by molar-refractivity contribution is 7.14. The molecule has 7 nitrogen and oxygen atoms in total. The molecule has 3 aromatic carbocycles. The Hall–Kier alpha value is -4.01. The first-order valence-corrected chi connectivity index (χ1v) is 13.7. The van der Waals surface area contributed by atoms with Crippen LogP contribution >= 0.6 is 11.3 Å². The highest BCUT2D eigenvalue weighted by Gasteiger charge is 2.30. The minimum atomic E-state index is -0.763. The average Bonchev–Trinajstić information content (AvgIpc) is 3.54. The van der Waals surface area contributed by atoms with E-state index in [0.29, 0.717) is 24.5 Å². The van der Waals surface area contributed by atoms with Crippen LogP contribution in [-0.2, 0) is 9.53 Å². The van der Waals surface area contributed by atoms with Gasteiger partial charge in [0.25, 0.3) is 0 Å². The zero-order chi connectivity index (χ0) is 26.3. The summed E-state index contributed by atoms with van der Waals surface area (Å²) in [5.41, 5.74) is 12.0. The maximum absolute atomic E-state index is 13.1. The molecule has 1 atom stereocenters. The van der Waals surface area contributed by atoms with E-state index in [1.807, 2.05) is 60.0 Å². The van der Waals surface area contributed by atoms with E-state index in [1.54, 1.807) is 0 Å². The first kappa shape index (κ1) is 25.6. The lowest BCUT2D eigenvalue weighted by molar-refractivity contribution is -0.118. The van der Waals surface area contributed by atoms with Gasteiger partial charge < -0.3 is 21.1 Å². The monoisotopic (exact) mass is 526 g/mol. The number of nitrogens with zero attached hydrogens (tertiary/aromatic N) is 1. The van der Waals surface area contributed by atoms with Crippen LogP contribution in [0.3, 0.4) is 0 Å². The van der Waals surface area contributed by atoms with Gasteiger partial charge in [-0.15, -0.1) is 11.3 Å². The van der Waals surface area contributed by atoms with Crippen LogP contribution in [0.15, 0.2) is 84.2 Å². The molecule has 1 aliphatic carbocycles. The quantitative estimate of drug-likeness (QED) is 0.227. The van der Waals surface area contributed by atoms with Crippen LogP contribution in [0.25, 0.3) is 22.4 Å². The predicted molar refractivity (Wildman–Crippen MR) is 151 cm³/mol. The number of hydrogen-bond donors (Lipinski definition) is 3. The smallest absolute Gasteiger partial charge is 0.407 e. The number of alkyl carbamates (subject to hydrolysis) is 1. The minimum absolute atomic E-state index is 0.0515. The Balaban J connectivity index is 1.23. The molecule has 1 unspecified atom stereocenters. The molecule has 0 saturated heterocycles. The molecule has 194 valence electrons. The number of hydrogen-bond acceptors (Lipinski definition) is 6. The maximum Gasteiger partial charge on any atom is 0.407 e. The van der Waals surface area contributed by atoms with Gasteiger partial charge in [-0.2, -0.15) is 0 Å². The third kappa shape index (κ3) is 5.77. The first-order chi connectivity index (χ1) is 18.6. The highest BCUT2D eigenvalue weighted by atomic mass is 32.1. The largest absolute Gasteiger partial charge is 0.449 e. The molecule has 0 bridgehead atoms. The molecule has 8 heteroatoms. The van der Waals surface area contributed by atoms with E-state index in [9.17, 15) is 9.59 Å². The van der Waals surface area contributed by atoms with Crippen molar-refractivity contribution >= 4 is 28.5 Å². The lowest BCUT2D eigenvalue weighted by Crippen LogP contribution is -2.44. The predicted octanol–water partition coefficient (Wildman–Crippen LogP) is 5.78. The van der Waals surface area contributed by atoms with Crippen molar-refractivity contribution in [2.24, 2.45) is 5.73 Å². The number of amides is 2. The van der Waals surface area contributed by atoms with Gasteiger partial charge in [-0.25, -0.2) is 9.78 Å². The van der Waals surface area contributed by atoms with E-state index in [4.69, 9.17) is 10.5 Å². The first-order valence-electron chi connectivity index (χ1n) is 12.8. The van der Waals surface area contributed by atoms with Gasteiger partial charge in [0.05, 0.1) is 5.69 Å². The average molecular weight is 527 g/mol. The normalized spacial score (nSPS) is 12.9. The van der Waals surface area contributed by atoms with Crippen molar-refractivity contribution in [3.8, 4) is 22.4 Å². The molecular weight excluding hydrogens is 496 g/mol. The summed E-state index contributed by atoms with van der Waals surface area (Å²) in [4.78, 5) is 30.5. The van der Waals surface area contributed by atoms with Crippen molar-refractivity contribution < 1.29 is 14.3 Å². The Morgan fingerprint density at radius 3 is 2.26 bits per heavy atom. The Kier molecular flexibility index (Phi) is 8.11. The topological polar surface area (TPSA) is 106 Å². The van der Waals surface area contributed by atoms with Crippen LogP contribution in [0.2, 0.25) is 0 Å². The van der Waals surface area contributed by atoms with E-state index < -0.39 is 12.1 Å². The number of carbonyl (C=O) groups excluding carboxylic acids is 2. The van der Waals surface area contributed by atoms with Crippen LogP contribution in [0.1, 0.15) is 36.3 Å². The van der Waals surface area contributed by atoms with Crippen molar-refractivity contribution in [1.29, 1.82) is 0 Å². The summed E-state index contributed by atoms with van der Waals surface area (Å²) in [6, 6.07) is 25.4. The van der Waals surface area contributed by atoms with Gasteiger partial charge in [0.2, 0.25) is 5.91 Å². The Bertz CT molecular complexity index is 1360. The number of ether oxygens (including phenoxy) is 1. The number of thiazole rings is 1. The fourth-order valence-electron chi connectivity index (χ4n) is 4.81. The molecule has 0 aliphatic heterocycles. The standard InChI is InChI=1S/C30H30N4O3S/c31-17-9-8-16-26(28(35)34-29-32-27(19-38-29)20-10-2-1-3-11-20)33-30(36)37-18-25-23-14-6-4-12-21(23)22-13-5-7-15-24(22)25/h1-7,10-15,19,25-26H,8-9,16-18,31H2,(H,33,36)(H,32,34,35). The lowest BCUT2D eigenvalue weighted by Gasteiger charge is -2.19. The number of nitrogens with one attached hydrogen (secondary N) is 2. The van der Waals surface area contributed by atoms with Crippen molar-refractivity contribution in [1.82, 2.24) is 10.3 Å². The number of aromatic nitrogens is 1. The van der Waals surface area contributed by atoms with Gasteiger partial charge in [-0.05, 0) is 48.1 Å². The van der Waals surface area contributed by atoms with Crippen molar-refractivity contribution in [3.05, 3.63) is 95.4 Å². The fourth-order valence-corrected chi connectivity index (χ4v) is 5.53. The van der Waals surface area contributed by atoms with Crippen LogP contribution in [0.4, 0.5) is 9.93 Å². The molecule has 1 heterocycles. The van der Waals surface area contributed by atoms with Crippen LogP contribution in [0, 0.1) is 0 Å². The van der Waals surface area contributed by atoms with Gasteiger partial charge in [0.1, 0.15) is 12.6 Å². The van der Waals surface area contributed by atoms with Crippen LogP contribution in [0.5, 0.6) is 0 Å². The molecule has 5 rings (SSSR count). The minimum Gasteiger partial charge on any atom is -0.449 e. The van der Waals surface area contributed by atoms with Crippen LogP contribution < -0.4 is 16.4 Å². The van der Waals surface area contributed by atoms with Gasteiger partial charge in [0.15, 0.2) is 5.13 Å². The third-order valence-corrected chi connectivity index (χ3v) is 7.46. The molecule has 0 saturated carbocycles. The summed E-state index contributed by atoms with van der Waals surface area (Å²) in [5, 5.41) is 8.00. The van der Waals surface area contributed by atoms with Gasteiger partial charge in [0, 0.05) is 16.9 Å². The molecule has 0 fully saturated rings. The molecule has 38 heavy (non-hydrogen) atoms. The van der Waals surface area contributed by atoms with E-state index in [1.165, 1.54) is 11.3 Å². The molecule has 0 radical (unpaired) electrons. The Morgan fingerprint density at radius 2 is 1.58 bits per heavy atom. The van der Waals surface area contributed by atoms with Gasteiger partial charge in [-0.1, -0.05) is 78.9 Å². The molecule has 1 aromatic heterocycles. The van der Waals surface area contributed by atoms with Gasteiger partial charge in [-0.3, -0.25) is 4.79 Å². The number of benzene rings is 3. The molecule has 4 aromatic rings. The Morgan fingerprint density at radius 1 is 0.921 bits per heavy atom. The number of unbranched alkanes of at least 4 members (excludes halogenated alkanes) is 1. The van der Waals surface area contributed by atoms with Crippen molar-refractivity contribution in [3.63, 3.8) is 0 Å². The number of anilines is 1. The maximum atomic E-state index is 13.1. The lowest BCUT2D eigenvalue weighted by atomic mass is 9.98. The second kappa shape index (κ2) is 12.0. The van der Waals surface area contributed by atoms with Crippen molar-refractivity contribution in [2.75, 3.05) is 18.5 Å². The number of nitrogens with two attached hydrogens (primary N) is 1. The summed E-state index contributed by atoms with van der Waals surface area (Å²) in [6.07, 6.45) is 1.28. The molecule has 0 spiro atoms. The molecule has 4 N–H and O–H groups in total. The fraction of sp³-hybridized carbons (Fsp3) is 0.233. The van der Waals surface area contributed by atoms with E-state index in [2.05, 4.69) is 39.9 Å². The van der Waals surface area contributed by atoms with Crippen molar-refractivity contribution in [2.45, 2.75) is 31.2 Å². The Labute approximate surface area is 226 Å². The second-order valence-corrected chi connectivity index (χ2v) is 10.1. The zero-order valence-electron chi connectivity index (χ0n) is 20.9. The molecule has 2 amide bonds. The number of fused-ring (bicyclic) bond motifs is 3. The molecular formula is C30H30N4O3S.